The van der Waals surface area contributed by atoms with Crippen molar-refractivity contribution in [1.82, 2.24) is 15.3 Å². The molecule has 27 heavy (non-hydrogen) atoms. The molecular formula is C20H17ClN4O2. The van der Waals surface area contributed by atoms with E-state index in [1.807, 2.05) is 42.5 Å². The van der Waals surface area contributed by atoms with Crippen LogP contribution in [0.25, 0.3) is 10.9 Å². The van der Waals surface area contributed by atoms with Crippen molar-refractivity contribution < 1.29 is 9.53 Å². The molecule has 6 nitrogen and oxygen atoms in total. The zero-order chi connectivity index (χ0) is 18.8. The van der Waals surface area contributed by atoms with Crippen LogP contribution >= 0.6 is 11.6 Å². The maximum Gasteiger partial charge on any atom is 0.259 e. The minimum Gasteiger partial charge on any atom is -0.486 e. The molecule has 0 saturated carbocycles. The van der Waals surface area contributed by atoms with E-state index in [1.165, 1.54) is 0 Å². The van der Waals surface area contributed by atoms with E-state index < -0.39 is 0 Å². The van der Waals surface area contributed by atoms with Gasteiger partial charge in [0.25, 0.3) is 5.91 Å². The molecular weight excluding hydrogens is 364 g/mol. The van der Waals surface area contributed by atoms with E-state index in [-0.39, 0.29) is 12.5 Å². The molecule has 136 valence electrons. The van der Waals surface area contributed by atoms with Gasteiger partial charge >= 0.3 is 0 Å². The lowest BCUT2D eigenvalue weighted by Crippen LogP contribution is -2.43. The molecule has 1 aliphatic heterocycles. The van der Waals surface area contributed by atoms with E-state index in [0.717, 1.165) is 22.2 Å². The Balaban J connectivity index is 1.50. The van der Waals surface area contributed by atoms with Gasteiger partial charge in [-0.25, -0.2) is 10.4 Å². The third kappa shape index (κ3) is 3.71. The Bertz CT molecular complexity index is 1050. The second-order valence-electron chi connectivity index (χ2n) is 6.26. The van der Waals surface area contributed by atoms with Gasteiger partial charge in [-0.1, -0.05) is 35.9 Å². The monoisotopic (exact) mass is 380 g/mol. The van der Waals surface area contributed by atoms with Crippen molar-refractivity contribution in [3.8, 4) is 5.75 Å². The van der Waals surface area contributed by atoms with Crippen LogP contribution in [0.3, 0.4) is 0 Å². The van der Waals surface area contributed by atoms with Crippen LogP contribution in [0.4, 0.5) is 0 Å². The van der Waals surface area contributed by atoms with E-state index in [1.54, 1.807) is 24.1 Å². The molecule has 2 heterocycles. The molecule has 3 aromatic rings. The number of carbonyl (C=O) groups excluding carboxylic acids is 1. The van der Waals surface area contributed by atoms with Crippen molar-refractivity contribution in [3.05, 3.63) is 70.9 Å². The summed E-state index contributed by atoms with van der Waals surface area (Å²) in [6.07, 6.45) is 0. The van der Waals surface area contributed by atoms with Crippen molar-refractivity contribution in [2.24, 2.45) is 5.10 Å². The highest BCUT2D eigenvalue weighted by atomic mass is 35.5. The van der Waals surface area contributed by atoms with E-state index in [9.17, 15) is 4.79 Å². The van der Waals surface area contributed by atoms with Crippen LogP contribution in [0.1, 0.15) is 11.3 Å². The number of nitrogens with zero attached hydrogens (tertiary/aromatic N) is 3. The fourth-order valence-corrected chi connectivity index (χ4v) is 3.14. The van der Waals surface area contributed by atoms with Gasteiger partial charge < -0.3 is 9.64 Å². The molecule has 0 spiro atoms. The minimum atomic E-state index is -0.143. The first kappa shape index (κ1) is 17.3. The summed E-state index contributed by atoms with van der Waals surface area (Å²) in [7, 11) is 1.81. The van der Waals surface area contributed by atoms with Gasteiger partial charge in [0, 0.05) is 18.0 Å². The molecule has 1 aliphatic rings. The first-order chi connectivity index (χ1) is 13.1. The van der Waals surface area contributed by atoms with Gasteiger partial charge in [-0.05, 0) is 30.3 Å². The fourth-order valence-electron chi connectivity index (χ4n) is 2.91. The molecule has 0 saturated heterocycles. The molecule has 2 aromatic carbocycles. The summed E-state index contributed by atoms with van der Waals surface area (Å²) in [5.74, 6) is 1.08. The van der Waals surface area contributed by atoms with Gasteiger partial charge in [-0.3, -0.25) is 4.79 Å². The summed E-state index contributed by atoms with van der Waals surface area (Å²) in [6, 6.07) is 17.3. The summed E-state index contributed by atoms with van der Waals surface area (Å²) in [6.45, 7) is 0.573. The van der Waals surface area contributed by atoms with Crippen molar-refractivity contribution >= 4 is 34.2 Å². The van der Waals surface area contributed by atoms with Crippen molar-refractivity contribution in [1.29, 1.82) is 0 Å². The number of hydrogen-bond acceptors (Lipinski definition) is 5. The van der Waals surface area contributed by atoms with E-state index in [2.05, 4.69) is 15.5 Å². The molecule has 0 bridgehead atoms. The number of fused-ring (bicyclic) bond motifs is 1. The number of para-hydroxylation sites is 1. The average molecular weight is 381 g/mol. The number of aromatic nitrogens is 1. The largest absolute Gasteiger partial charge is 0.486 e. The number of likely N-dealkylation sites (N-methyl/N-ethyl adjacent to an activating group) is 1. The Labute approximate surface area is 161 Å². The lowest BCUT2D eigenvalue weighted by molar-refractivity contribution is -0.121. The van der Waals surface area contributed by atoms with Gasteiger partial charge in [0.15, 0.2) is 5.84 Å². The highest BCUT2D eigenvalue weighted by Crippen LogP contribution is 2.27. The third-order valence-corrected chi connectivity index (χ3v) is 4.55. The molecule has 0 fully saturated rings. The van der Waals surface area contributed by atoms with Crippen LogP contribution in [-0.4, -0.2) is 35.2 Å². The Hall–Kier alpha value is -3.12. The number of nitrogens with one attached hydrogen (secondary N) is 1. The number of rotatable bonds is 4. The number of benzene rings is 2. The van der Waals surface area contributed by atoms with Crippen molar-refractivity contribution in [2.75, 3.05) is 13.6 Å². The summed E-state index contributed by atoms with van der Waals surface area (Å²) < 4.78 is 5.84. The third-order valence-electron chi connectivity index (χ3n) is 4.25. The number of halogens is 1. The smallest absolute Gasteiger partial charge is 0.259 e. The Morgan fingerprint density at radius 1 is 1.19 bits per heavy atom. The Kier molecular flexibility index (Phi) is 4.64. The molecule has 1 amide bonds. The van der Waals surface area contributed by atoms with Gasteiger partial charge in [-0.2, -0.15) is 5.10 Å². The first-order valence-electron chi connectivity index (χ1n) is 8.45. The number of pyridine rings is 1. The topological polar surface area (TPSA) is 66.8 Å². The van der Waals surface area contributed by atoms with Crippen LogP contribution in [0, 0.1) is 0 Å². The SMILES string of the molecule is CN1CC(=O)NN=C1c1ccc(OCc2ccc3ccccc3n2)c(Cl)c1. The number of amides is 1. The Morgan fingerprint density at radius 2 is 2.04 bits per heavy atom. The van der Waals surface area contributed by atoms with Gasteiger partial charge in [0.1, 0.15) is 12.4 Å². The summed E-state index contributed by atoms with van der Waals surface area (Å²) >= 11 is 6.38. The molecule has 0 unspecified atom stereocenters. The summed E-state index contributed by atoms with van der Waals surface area (Å²) in [5.41, 5.74) is 5.04. The van der Waals surface area contributed by atoms with Crippen LogP contribution in [0.2, 0.25) is 5.02 Å². The minimum absolute atomic E-state index is 0.143. The highest BCUT2D eigenvalue weighted by Gasteiger charge is 2.19. The van der Waals surface area contributed by atoms with Crippen molar-refractivity contribution in [2.45, 2.75) is 6.61 Å². The molecule has 7 heteroatoms. The number of ether oxygens (including phenoxy) is 1. The molecule has 0 aliphatic carbocycles. The molecule has 4 rings (SSSR count). The summed E-state index contributed by atoms with van der Waals surface area (Å²) in [5, 5.41) is 5.65. The fraction of sp³-hybridized carbons (Fsp3) is 0.150. The van der Waals surface area contributed by atoms with Gasteiger partial charge in [0.05, 0.1) is 22.8 Å². The molecule has 1 N–H and O–H groups in total. The van der Waals surface area contributed by atoms with Gasteiger partial charge in [-0.15, -0.1) is 0 Å². The zero-order valence-electron chi connectivity index (χ0n) is 14.6. The van der Waals surface area contributed by atoms with E-state index >= 15 is 0 Å². The number of amidine groups is 1. The second kappa shape index (κ2) is 7.25. The van der Waals surface area contributed by atoms with E-state index in [0.29, 0.717) is 23.2 Å². The average Bonchev–Trinajstić information content (AvgIpc) is 2.67. The lowest BCUT2D eigenvalue weighted by atomic mass is 10.1. The Morgan fingerprint density at radius 3 is 2.85 bits per heavy atom. The van der Waals surface area contributed by atoms with Crippen molar-refractivity contribution in [3.63, 3.8) is 0 Å². The van der Waals surface area contributed by atoms with Crippen LogP contribution in [-0.2, 0) is 11.4 Å². The highest BCUT2D eigenvalue weighted by molar-refractivity contribution is 6.32. The van der Waals surface area contributed by atoms with Gasteiger partial charge in [0.2, 0.25) is 0 Å². The quantitative estimate of drug-likeness (QED) is 0.754. The van der Waals surface area contributed by atoms with Crippen LogP contribution in [0.5, 0.6) is 5.75 Å². The predicted octanol–water partition coefficient (Wildman–Crippen LogP) is 3.19. The molecule has 1 aromatic heterocycles. The summed E-state index contributed by atoms with van der Waals surface area (Å²) in [4.78, 5) is 17.7. The number of hydrogen-bond donors (Lipinski definition) is 1. The second-order valence-corrected chi connectivity index (χ2v) is 6.66. The normalized spacial score (nSPS) is 14.1. The number of hydrazone groups is 1. The maximum atomic E-state index is 11.4. The lowest BCUT2D eigenvalue weighted by Gasteiger charge is -2.24. The molecule has 0 radical (unpaired) electrons. The zero-order valence-corrected chi connectivity index (χ0v) is 15.4. The van der Waals surface area contributed by atoms with Crippen LogP contribution in [0.15, 0.2) is 59.7 Å². The van der Waals surface area contributed by atoms with Crippen LogP contribution < -0.4 is 10.2 Å². The predicted molar refractivity (Wildman–Crippen MR) is 105 cm³/mol. The number of carbonyl (C=O) groups is 1. The maximum absolute atomic E-state index is 11.4. The standard InChI is InChI=1S/C20H17ClN4O2/c1-25-11-19(26)23-24-20(25)14-7-9-18(16(21)10-14)27-12-15-8-6-13-4-2-3-5-17(13)22-15/h2-10H,11-12H2,1H3,(H,23,26). The van der Waals surface area contributed by atoms with E-state index in [4.69, 9.17) is 16.3 Å². The molecule has 0 atom stereocenters. The first-order valence-corrected chi connectivity index (χ1v) is 8.83.